The highest BCUT2D eigenvalue weighted by Gasteiger charge is 2.15. The molecule has 30 heavy (non-hydrogen) atoms. The summed E-state index contributed by atoms with van der Waals surface area (Å²) >= 11 is 5.50. The second-order valence-corrected chi connectivity index (χ2v) is 7.08. The van der Waals surface area contributed by atoms with Gasteiger partial charge in [-0.1, -0.05) is 18.2 Å². The molecule has 2 aromatic carbocycles. The highest BCUT2D eigenvalue weighted by Crippen LogP contribution is 2.29. The maximum Gasteiger partial charge on any atom is 0.175 e. The van der Waals surface area contributed by atoms with Crippen LogP contribution in [0.2, 0.25) is 0 Å². The summed E-state index contributed by atoms with van der Waals surface area (Å²) in [6.07, 6.45) is 0. The third-order valence-electron chi connectivity index (χ3n) is 4.76. The van der Waals surface area contributed by atoms with E-state index >= 15 is 0 Å². The average molecular weight is 427 g/mol. The fraction of sp³-hybridized carbons (Fsp3) is 0.273. The first kappa shape index (κ1) is 21.4. The Bertz CT molecular complexity index is 1050. The number of methoxy groups -OCH3 is 3. The molecule has 1 heterocycles. The number of benzene rings is 2. The lowest BCUT2D eigenvalue weighted by atomic mass is 10.2. The van der Waals surface area contributed by atoms with Crippen LogP contribution in [0, 0.1) is 13.8 Å². The first-order valence-corrected chi connectivity index (χ1v) is 9.83. The van der Waals surface area contributed by atoms with E-state index in [1.54, 1.807) is 21.3 Å². The molecule has 0 atom stereocenters. The maximum atomic E-state index is 5.50. The molecule has 0 bridgehead atoms. The molecule has 0 amide bonds. The monoisotopic (exact) mass is 426 g/mol. The summed E-state index contributed by atoms with van der Waals surface area (Å²) < 4.78 is 18.0. The van der Waals surface area contributed by atoms with Gasteiger partial charge in [0, 0.05) is 0 Å². The third-order valence-corrected chi connectivity index (χ3v) is 4.96. The van der Waals surface area contributed by atoms with Crippen LogP contribution in [0.15, 0.2) is 42.5 Å². The lowest BCUT2D eigenvalue weighted by Crippen LogP contribution is -2.20. The van der Waals surface area contributed by atoms with E-state index in [9.17, 15) is 0 Å². The van der Waals surface area contributed by atoms with Crippen LogP contribution in [0.4, 0.5) is 11.4 Å². The molecule has 158 valence electrons. The molecule has 0 saturated heterocycles. The van der Waals surface area contributed by atoms with Gasteiger partial charge in [-0.3, -0.25) is 4.68 Å². The van der Waals surface area contributed by atoms with Gasteiger partial charge in [-0.05, 0) is 55.9 Å². The van der Waals surface area contributed by atoms with E-state index in [1.807, 2.05) is 61.0 Å². The summed E-state index contributed by atoms with van der Waals surface area (Å²) in [6.45, 7) is 4.56. The van der Waals surface area contributed by atoms with E-state index in [-0.39, 0.29) is 0 Å². The van der Waals surface area contributed by atoms with Gasteiger partial charge < -0.3 is 24.8 Å². The quantitative estimate of drug-likeness (QED) is 0.543. The molecule has 1 aromatic heterocycles. The van der Waals surface area contributed by atoms with Crippen molar-refractivity contribution in [2.45, 2.75) is 20.4 Å². The number of ether oxygens (including phenoxy) is 3. The number of rotatable bonds is 7. The van der Waals surface area contributed by atoms with E-state index in [4.69, 9.17) is 26.4 Å². The van der Waals surface area contributed by atoms with Gasteiger partial charge in [-0.25, -0.2) is 0 Å². The van der Waals surface area contributed by atoms with E-state index in [0.717, 1.165) is 34.1 Å². The number of aromatic nitrogens is 2. The van der Waals surface area contributed by atoms with Crippen molar-refractivity contribution < 1.29 is 14.2 Å². The highest BCUT2D eigenvalue weighted by molar-refractivity contribution is 7.80. The Morgan fingerprint density at radius 2 is 1.63 bits per heavy atom. The summed E-state index contributed by atoms with van der Waals surface area (Å²) in [7, 11) is 4.88. The summed E-state index contributed by atoms with van der Waals surface area (Å²) in [5.74, 6) is 2.11. The lowest BCUT2D eigenvalue weighted by molar-refractivity contribution is 0.354. The van der Waals surface area contributed by atoms with Crippen LogP contribution in [-0.2, 0) is 6.54 Å². The zero-order chi connectivity index (χ0) is 21.7. The van der Waals surface area contributed by atoms with Crippen LogP contribution in [0.3, 0.4) is 0 Å². The topological polar surface area (TPSA) is 69.6 Å². The fourth-order valence-electron chi connectivity index (χ4n) is 3.20. The predicted octanol–water partition coefficient (Wildman–Crippen LogP) is 4.38. The van der Waals surface area contributed by atoms with E-state index < -0.39 is 0 Å². The van der Waals surface area contributed by atoms with Gasteiger partial charge in [0.25, 0.3) is 0 Å². The molecule has 0 radical (unpaired) electrons. The molecule has 2 N–H and O–H groups in total. The summed E-state index contributed by atoms with van der Waals surface area (Å²) in [5.41, 5.74) is 4.57. The number of nitrogens with zero attached hydrogens (tertiary/aromatic N) is 2. The molecule has 0 unspecified atom stereocenters. The number of hydrogen-bond donors (Lipinski definition) is 2. The van der Waals surface area contributed by atoms with Gasteiger partial charge in [0.05, 0.1) is 50.6 Å². The number of nitrogens with one attached hydrogen (secondary N) is 2. The van der Waals surface area contributed by atoms with Crippen molar-refractivity contribution in [2.75, 3.05) is 32.0 Å². The summed E-state index contributed by atoms with van der Waals surface area (Å²) in [4.78, 5) is 0. The molecular formula is C22H26N4O3S. The molecule has 0 spiro atoms. The van der Waals surface area contributed by atoms with Crippen LogP contribution in [0.5, 0.6) is 17.2 Å². The van der Waals surface area contributed by atoms with Crippen molar-refractivity contribution in [3.63, 3.8) is 0 Å². The number of aryl methyl sites for hydroxylation is 1. The molecule has 8 heteroatoms. The molecule has 3 rings (SSSR count). The number of hydrogen-bond acceptors (Lipinski definition) is 5. The molecule has 7 nitrogen and oxygen atoms in total. The number of anilines is 2. The molecule has 3 aromatic rings. The third kappa shape index (κ3) is 4.65. The van der Waals surface area contributed by atoms with Crippen molar-refractivity contribution in [3.05, 3.63) is 59.4 Å². The molecule has 0 aliphatic heterocycles. The van der Waals surface area contributed by atoms with Crippen molar-refractivity contribution in [2.24, 2.45) is 0 Å². The van der Waals surface area contributed by atoms with E-state index in [0.29, 0.717) is 23.2 Å². The van der Waals surface area contributed by atoms with Crippen molar-refractivity contribution in [1.29, 1.82) is 0 Å². The SMILES string of the molecule is COc1ccccc1NC(=S)Nc1c(C)nn(Cc2ccc(OC)c(OC)c2)c1C. The van der Waals surface area contributed by atoms with Gasteiger partial charge in [0.15, 0.2) is 16.6 Å². The van der Waals surface area contributed by atoms with E-state index in [2.05, 4.69) is 15.7 Å². The smallest absolute Gasteiger partial charge is 0.175 e. The average Bonchev–Trinajstić information content (AvgIpc) is 3.01. The van der Waals surface area contributed by atoms with Crippen molar-refractivity contribution >= 4 is 28.7 Å². The van der Waals surface area contributed by atoms with Gasteiger partial charge in [0.2, 0.25) is 0 Å². The van der Waals surface area contributed by atoms with Crippen LogP contribution in [0.25, 0.3) is 0 Å². The number of para-hydroxylation sites is 2. The van der Waals surface area contributed by atoms with Crippen molar-refractivity contribution in [3.8, 4) is 17.2 Å². The zero-order valence-electron chi connectivity index (χ0n) is 17.8. The van der Waals surface area contributed by atoms with Crippen molar-refractivity contribution in [1.82, 2.24) is 9.78 Å². The van der Waals surface area contributed by atoms with Gasteiger partial charge in [-0.2, -0.15) is 5.10 Å². The second kappa shape index (κ2) is 9.49. The Labute approximate surface area is 182 Å². The maximum absolute atomic E-state index is 5.50. The largest absolute Gasteiger partial charge is 0.495 e. The minimum atomic E-state index is 0.469. The predicted molar refractivity (Wildman–Crippen MR) is 123 cm³/mol. The van der Waals surface area contributed by atoms with Gasteiger partial charge >= 0.3 is 0 Å². The molecule has 0 saturated carbocycles. The number of thiocarbonyl (C=S) groups is 1. The standard InChI is InChI=1S/C22H26N4O3S/c1-14-21(24-22(30)23-17-8-6-7-9-18(17)27-3)15(2)26(25-14)13-16-10-11-19(28-4)20(12-16)29-5/h6-12H,13H2,1-5H3,(H2,23,24,30). The Hall–Kier alpha value is -3.26. The Morgan fingerprint density at radius 3 is 2.33 bits per heavy atom. The molecule has 0 aliphatic carbocycles. The minimum Gasteiger partial charge on any atom is -0.495 e. The van der Waals surface area contributed by atoms with Crippen LogP contribution < -0.4 is 24.8 Å². The Morgan fingerprint density at radius 1 is 0.933 bits per heavy atom. The van der Waals surface area contributed by atoms with Crippen LogP contribution in [-0.4, -0.2) is 36.2 Å². The molecule has 0 aliphatic rings. The van der Waals surface area contributed by atoms with E-state index in [1.165, 1.54) is 0 Å². The highest BCUT2D eigenvalue weighted by atomic mass is 32.1. The zero-order valence-corrected chi connectivity index (χ0v) is 18.6. The van der Waals surface area contributed by atoms with Crippen LogP contribution in [0.1, 0.15) is 17.0 Å². The normalized spacial score (nSPS) is 10.4. The fourth-order valence-corrected chi connectivity index (χ4v) is 3.41. The van der Waals surface area contributed by atoms with Crippen LogP contribution >= 0.6 is 12.2 Å². The minimum absolute atomic E-state index is 0.469. The summed E-state index contributed by atoms with van der Waals surface area (Å²) in [6, 6.07) is 13.5. The van der Waals surface area contributed by atoms with Gasteiger partial charge in [0.1, 0.15) is 5.75 Å². The Kier molecular flexibility index (Phi) is 6.79. The first-order chi connectivity index (χ1) is 14.5. The molecular weight excluding hydrogens is 400 g/mol. The molecule has 0 fully saturated rings. The van der Waals surface area contributed by atoms with Gasteiger partial charge in [-0.15, -0.1) is 0 Å². The Balaban J connectivity index is 1.76. The second-order valence-electron chi connectivity index (χ2n) is 6.67. The lowest BCUT2D eigenvalue weighted by Gasteiger charge is -2.14. The summed E-state index contributed by atoms with van der Waals surface area (Å²) in [5, 5.41) is 11.6. The first-order valence-electron chi connectivity index (χ1n) is 9.42.